The Hall–Kier alpha value is -1.20. The molecule has 104 valence electrons. The van der Waals surface area contributed by atoms with E-state index in [1.807, 2.05) is 7.05 Å². The minimum atomic E-state index is 0.561. The molecule has 0 fully saturated rings. The second-order valence-electron chi connectivity index (χ2n) is 4.93. The largest absolute Gasteiger partial charge is 0.372 e. The minimum Gasteiger partial charge on any atom is -0.372 e. The van der Waals surface area contributed by atoms with Gasteiger partial charge in [-0.05, 0) is 31.8 Å². The van der Waals surface area contributed by atoms with E-state index in [0.717, 1.165) is 28.4 Å². The van der Waals surface area contributed by atoms with Crippen LogP contribution in [0.25, 0.3) is 10.2 Å². The summed E-state index contributed by atoms with van der Waals surface area (Å²) in [6, 6.07) is 2.63. The standard InChI is InChI=1S/C14H22N4S/c1-5-6-10(2)18(4)9-12-16-13(15-3)11-7-8-19-14(11)17-12/h7-8,10H,5-6,9H2,1-4H3,(H,15,16,17). The lowest BCUT2D eigenvalue weighted by atomic mass is 10.2. The SMILES string of the molecule is CCCC(C)N(C)Cc1nc(NC)c2ccsc2n1. The average molecular weight is 278 g/mol. The summed E-state index contributed by atoms with van der Waals surface area (Å²) >= 11 is 1.67. The Labute approximate surface area is 118 Å². The molecule has 5 heteroatoms. The fourth-order valence-corrected chi connectivity index (χ4v) is 2.96. The molecule has 1 unspecified atom stereocenters. The summed E-state index contributed by atoms with van der Waals surface area (Å²) in [5.41, 5.74) is 0. The molecule has 2 heterocycles. The summed E-state index contributed by atoms with van der Waals surface area (Å²) in [5.74, 6) is 1.82. The highest BCUT2D eigenvalue weighted by Crippen LogP contribution is 2.25. The molecule has 0 aliphatic rings. The zero-order chi connectivity index (χ0) is 13.8. The maximum Gasteiger partial charge on any atom is 0.146 e. The first-order valence-corrected chi connectivity index (χ1v) is 7.65. The highest BCUT2D eigenvalue weighted by Gasteiger charge is 2.13. The van der Waals surface area contributed by atoms with Crippen LogP contribution in [0.15, 0.2) is 11.4 Å². The predicted octanol–water partition coefficient (Wildman–Crippen LogP) is 3.35. The van der Waals surface area contributed by atoms with E-state index in [2.05, 4.69) is 52.5 Å². The molecular formula is C14H22N4S. The maximum atomic E-state index is 4.65. The fraction of sp³-hybridized carbons (Fsp3) is 0.571. The van der Waals surface area contributed by atoms with Gasteiger partial charge in [0, 0.05) is 13.1 Å². The van der Waals surface area contributed by atoms with Gasteiger partial charge in [0.2, 0.25) is 0 Å². The van der Waals surface area contributed by atoms with Gasteiger partial charge < -0.3 is 5.32 Å². The van der Waals surface area contributed by atoms with Crippen LogP contribution in [0.1, 0.15) is 32.5 Å². The molecule has 0 aromatic carbocycles. The number of anilines is 1. The fourth-order valence-electron chi connectivity index (χ4n) is 2.18. The second kappa shape index (κ2) is 6.30. The Balaban J connectivity index is 2.20. The molecule has 0 saturated carbocycles. The van der Waals surface area contributed by atoms with E-state index in [9.17, 15) is 0 Å². The van der Waals surface area contributed by atoms with E-state index in [-0.39, 0.29) is 0 Å². The van der Waals surface area contributed by atoms with Gasteiger partial charge in [0.05, 0.1) is 11.9 Å². The van der Waals surface area contributed by atoms with Gasteiger partial charge in [0.1, 0.15) is 16.5 Å². The quantitative estimate of drug-likeness (QED) is 0.879. The number of nitrogens with one attached hydrogen (secondary N) is 1. The summed E-state index contributed by atoms with van der Waals surface area (Å²) in [6.07, 6.45) is 2.41. The monoisotopic (exact) mass is 278 g/mol. The molecule has 2 aromatic rings. The van der Waals surface area contributed by atoms with Gasteiger partial charge in [0.25, 0.3) is 0 Å². The van der Waals surface area contributed by atoms with E-state index in [1.165, 1.54) is 12.8 Å². The topological polar surface area (TPSA) is 41.1 Å². The van der Waals surface area contributed by atoms with E-state index in [4.69, 9.17) is 0 Å². The summed E-state index contributed by atoms with van der Waals surface area (Å²) in [7, 11) is 4.05. The molecular weight excluding hydrogens is 256 g/mol. The van der Waals surface area contributed by atoms with E-state index >= 15 is 0 Å². The number of fused-ring (bicyclic) bond motifs is 1. The lowest BCUT2D eigenvalue weighted by molar-refractivity contribution is 0.231. The van der Waals surface area contributed by atoms with Crippen LogP contribution in [0.5, 0.6) is 0 Å². The summed E-state index contributed by atoms with van der Waals surface area (Å²) in [6.45, 7) is 5.27. The van der Waals surface area contributed by atoms with Crippen molar-refractivity contribution in [3.05, 3.63) is 17.3 Å². The highest BCUT2D eigenvalue weighted by molar-refractivity contribution is 7.16. The molecule has 1 N–H and O–H groups in total. The Bertz CT molecular complexity index is 537. The van der Waals surface area contributed by atoms with Crippen molar-refractivity contribution in [2.24, 2.45) is 0 Å². The number of hydrogen-bond acceptors (Lipinski definition) is 5. The average Bonchev–Trinajstić information content (AvgIpc) is 2.86. The minimum absolute atomic E-state index is 0.561. The molecule has 0 spiro atoms. The van der Waals surface area contributed by atoms with Gasteiger partial charge in [-0.2, -0.15) is 0 Å². The lowest BCUT2D eigenvalue weighted by Gasteiger charge is -2.23. The van der Waals surface area contributed by atoms with Crippen molar-refractivity contribution in [1.82, 2.24) is 14.9 Å². The first-order chi connectivity index (χ1) is 9.15. The number of rotatable bonds is 6. The van der Waals surface area contributed by atoms with Crippen LogP contribution in [0.2, 0.25) is 0 Å². The van der Waals surface area contributed by atoms with Crippen LogP contribution in [0.4, 0.5) is 5.82 Å². The van der Waals surface area contributed by atoms with Crippen molar-refractivity contribution in [3.8, 4) is 0 Å². The molecule has 0 radical (unpaired) electrons. The molecule has 1 atom stereocenters. The molecule has 0 saturated heterocycles. The number of nitrogens with zero attached hydrogens (tertiary/aromatic N) is 3. The molecule has 19 heavy (non-hydrogen) atoms. The Morgan fingerprint density at radius 3 is 2.89 bits per heavy atom. The first-order valence-electron chi connectivity index (χ1n) is 6.77. The molecule has 2 rings (SSSR count). The third-order valence-electron chi connectivity index (χ3n) is 3.46. The van der Waals surface area contributed by atoms with Crippen molar-refractivity contribution >= 4 is 27.4 Å². The van der Waals surface area contributed by atoms with E-state index < -0.39 is 0 Å². The van der Waals surface area contributed by atoms with Crippen LogP contribution >= 0.6 is 11.3 Å². The van der Waals surface area contributed by atoms with Crippen LogP contribution in [0, 0.1) is 0 Å². The Kier molecular flexibility index (Phi) is 4.71. The number of hydrogen-bond donors (Lipinski definition) is 1. The van der Waals surface area contributed by atoms with Crippen molar-refractivity contribution in [2.75, 3.05) is 19.4 Å². The molecule has 2 aromatic heterocycles. The maximum absolute atomic E-state index is 4.65. The Morgan fingerprint density at radius 1 is 1.42 bits per heavy atom. The van der Waals surface area contributed by atoms with Crippen LogP contribution < -0.4 is 5.32 Å². The van der Waals surface area contributed by atoms with Gasteiger partial charge in [-0.25, -0.2) is 9.97 Å². The zero-order valence-electron chi connectivity index (χ0n) is 12.1. The summed E-state index contributed by atoms with van der Waals surface area (Å²) in [5, 5.41) is 6.34. The molecule has 0 aliphatic carbocycles. The van der Waals surface area contributed by atoms with Gasteiger partial charge >= 0.3 is 0 Å². The van der Waals surface area contributed by atoms with E-state index in [1.54, 1.807) is 11.3 Å². The van der Waals surface area contributed by atoms with Crippen molar-refractivity contribution < 1.29 is 0 Å². The molecule has 4 nitrogen and oxygen atoms in total. The summed E-state index contributed by atoms with van der Waals surface area (Å²) < 4.78 is 0. The van der Waals surface area contributed by atoms with Gasteiger partial charge in [0.15, 0.2) is 0 Å². The Morgan fingerprint density at radius 2 is 2.21 bits per heavy atom. The first kappa shape index (κ1) is 14.2. The third-order valence-corrected chi connectivity index (χ3v) is 4.26. The molecule has 0 amide bonds. The predicted molar refractivity (Wildman–Crippen MR) is 82.8 cm³/mol. The van der Waals surface area contributed by atoms with Crippen LogP contribution in [0.3, 0.4) is 0 Å². The van der Waals surface area contributed by atoms with E-state index in [0.29, 0.717) is 6.04 Å². The van der Waals surface area contributed by atoms with Crippen molar-refractivity contribution in [2.45, 2.75) is 39.3 Å². The lowest BCUT2D eigenvalue weighted by Crippen LogP contribution is -2.29. The van der Waals surface area contributed by atoms with Gasteiger partial charge in [-0.3, -0.25) is 4.90 Å². The third kappa shape index (κ3) is 3.22. The van der Waals surface area contributed by atoms with Crippen molar-refractivity contribution in [3.63, 3.8) is 0 Å². The van der Waals surface area contributed by atoms with Gasteiger partial charge in [-0.15, -0.1) is 11.3 Å². The zero-order valence-corrected chi connectivity index (χ0v) is 12.9. The normalized spacial score (nSPS) is 13.1. The van der Waals surface area contributed by atoms with Crippen LogP contribution in [-0.2, 0) is 6.54 Å². The number of thiophene rings is 1. The van der Waals surface area contributed by atoms with Gasteiger partial charge in [-0.1, -0.05) is 13.3 Å². The number of aromatic nitrogens is 2. The highest BCUT2D eigenvalue weighted by atomic mass is 32.1. The van der Waals surface area contributed by atoms with Crippen LogP contribution in [-0.4, -0.2) is 35.0 Å². The smallest absolute Gasteiger partial charge is 0.146 e. The second-order valence-corrected chi connectivity index (χ2v) is 5.83. The summed E-state index contributed by atoms with van der Waals surface area (Å²) in [4.78, 5) is 12.6. The molecule has 0 aliphatic heterocycles. The molecule has 0 bridgehead atoms. The van der Waals surface area contributed by atoms with Crippen molar-refractivity contribution in [1.29, 1.82) is 0 Å².